The highest BCUT2D eigenvalue weighted by Gasteiger charge is 2.24. The molecular formula is C16H28O5. The topological polar surface area (TPSA) is 87.0 Å². The molecule has 0 fully saturated rings. The van der Waals surface area contributed by atoms with E-state index in [1.165, 1.54) is 6.08 Å². The van der Waals surface area contributed by atoms with Gasteiger partial charge in [0.15, 0.2) is 0 Å². The summed E-state index contributed by atoms with van der Waals surface area (Å²) in [5, 5.41) is 29.4. The van der Waals surface area contributed by atoms with E-state index in [1.54, 1.807) is 6.08 Å². The number of hydrogen-bond acceptors (Lipinski definition) is 5. The third kappa shape index (κ3) is 7.07. The second-order valence-corrected chi connectivity index (χ2v) is 5.71. The number of hydrogen-bond donors (Lipinski definition) is 3. The molecule has 122 valence electrons. The molecule has 0 aliphatic carbocycles. The van der Waals surface area contributed by atoms with Gasteiger partial charge in [-0.15, -0.1) is 0 Å². The minimum Gasteiger partial charge on any atom is -0.459 e. The fraction of sp³-hybridized carbons (Fsp3) is 0.812. The van der Waals surface area contributed by atoms with E-state index in [1.807, 2.05) is 0 Å². The number of rotatable bonds is 6. The number of ether oxygens (including phenoxy) is 1. The first-order valence-electron chi connectivity index (χ1n) is 7.95. The Labute approximate surface area is 126 Å². The standard InChI is InChI=1S/C16H28O5/c1-2-3-4-5-7-14(19)15-9-6-8-12(17)13(18)10-11-16(20)21-15/h6,8,12-15,17-19H,2-5,7,9-11H2,1H3/b8-6+/t12-,13+,14+,15+/m0/s1. The number of carbonyl (C=O) groups excluding carboxylic acids is 1. The van der Waals surface area contributed by atoms with Gasteiger partial charge in [0.2, 0.25) is 0 Å². The molecule has 1 aliphatic rings. The third-order valence-electron chi connectivity index (χ3n) is 3.81. The molecule has 5 heteroatoms. The maximum atomic E-state index is 11.7. The number of aliphatic hydroxyl groups excluding tert-OH is 3. The zero-order chi connectivity index (χ0) is 15.7. The minimum atomic E-state index is -0.974. The summed E-state index contributed by atoms with van der Waals surface area (Å²) in [6.07, 6.45) is 5.39. The third-order valence-corrected chi connectivity index (χ3v) is 3.81. The molecule has 21 heavy (non-hydrogen) atoms. The van der Waals surface area contributed by atoms with Crippen LogP contribution >= 0.6 is 0 Å². The monoisotopic (exact) mass is 300 g/mol. The van der Waals surface area contributed by atoms with E-state index in [0.29, 0.717) is 12.8 Å². The van der Waals surface area contributed by atoms with E-state index >= 15 is 0 Å². The number of aliphatic hydroxyl groups is 3. The van der Waals surface area contributed by atoms with Gasteiger partial charge in [-0.25, -0.2) is 0 Å². The minimum absolute atomic E-state index is 0.0467. The Kier molecular flexibility index (Phi) is 8.57. The molecule has 1 rings (SSSR count). The van der Waals surface area contributed by atoms with Crippen molar-refractivity contribution in [3.05, 3.63) is 12.2 Å². The highest BCUT2D eigenvalue weighted by molar-refractivity contribution is 5.69. The molecule has 5 nitrogen and oxygen atoms in total. The van der Waals surface area contributed by atoms with Crippen molar-refractivity contribution in [1.29, 1.82) is 0 Å². The maximum Gasteiger partial charge on any atom is 0.306 e. The lowest BCUT2D eigenvalue weighted by atomic mass is 10.0. The van der Waals surface area contributed by atoms with Crippen LogP contribution in [0.2, 0.25) is 0 Å². The van der Waals surface area contributed by atoms with Gasteiger partial charge in [-0.2, -0.15) is 0 Å². The van der Waals surface area contributed by atoms with Crippen molar-refractivity contribution in [2.24, 2.45) is 0 Å². The number of esters is 1. The molecule has 1 heterocycles. The molecule has 3 N–H and O–H groups in total. The van der Waals surface area contributed by atoms with Crippen LogP contribution in [0.25, 0.3) is 0 Å². The molecule has 4 atom stereocenters. The molecule has 0 unspecified atom stereocenters. The lowest BCUT2D eigenvalue weighted by molar-refractivity contribution is -0.156. The first-order chi connectivity index (χ1) is 10.0. The molecule has 0 saturated carbocycles. The second kappa shape index (κ2) is 9.92. The molecule has 0 aromatic heterocycles. The van der Waals surface area contributed by atoms with E-state index < -0.39 is 30.4 Å². The Morgan fingerprint density at radius 2 is 2.10 bits per heavy atom. The van der Waals surface area contributed by atoms with Gasteiger partial charge in [0, 0.05) is 12.8 Å². The highest BCUT2D eigenvalue weighted by Crippen LogP contribution is 2.17. The van der Waals surface area contributed by atoms with Gasteiger partial charge in [0.1, 0.15) is 6.10 Å². The van der Waals surface area contributed by atoms with Crippen molar-refractivity contribution in [3.8, 4) is 0 Å². The van der Waals surface area contributed by atoms with Crippen LogP contribution < -0.4 is 0 Å². The van der Waals surface area contributed by atoms with Crippen LogP contribution in [0.1, 0.15) is 58.3 Å². The fourth-order valence-electron chi connectivity index (χ4n) is 2.39. The molecule has 0 saturated heterocycles. The quantitative estimate of drug-likeness (QED) is 0.395. The normalized spacial score (nSPS) is 30.5. The van der Waals surface area contributed by atoms with Crippen molar-refractivity contribution in [2.45, 2.75) is 82.7 Å². The van der Waals surface area contributed by atoms with Gasteiger partial charge in [0.25, 0.3) is 0 Å². The van der Waals surface area contributed by atoms with E-state index in [4.69, 9.17) is 4.74 Å². The molecule has 0 spiro atoms. The highest BCUT2D eigenvalue weighted by atomic mass is 16.6. The van der Waals surface area contributed by atoms with E-state index in [0.717, 1.165) is 25.7 Å². The van der Waals surface area contributed by atoms with Crippen molar-refractivity contribution in [3.63, 3.8) is 0 Å². The molecule has 0 radical (unpaired) electrons. The summed E-state index contributed by atoms with van der Waals surface area (Å²) in [4.78, 5) is 11.7. The van der Waals surface area contributed by atoms with Gasteiger partial charge < -0.3 is 20.1 Å². The summed E-state index contributed by atoms with van der Waals surface area (Å²) < 4.78 is 5.30. The predicted molar refractivity (Wildman–Crippen MR) is 79.7 cm³/mol. The van der Waals surface area contributed by atoms with Crippen molar-refractivity contribution >= 4 is 5.97 Å². The SMILES string of the molecule is CCCCCC[C@@H](O)[C@H]1C/C=C/[C@H](O)[C@H](O)CCC(=O)O1. The summed E-state index contributed by atoms with van der Waals surface area (Å²) in [5.41, 5.74) is 0. The van der Waals surface area contributed by atoms with Crippen molar-refractivity contribution in [1.82, 2.24) is 0 Å². The summed E-state index contributed by atoms with van der Waals surface area (Å²) in [6.45, 7) is 2.13. The van der Waals surface area contributed by atoms with Gasteiger partial charge in [-0.1, -0.05) is 44.8 Å². The lowest BCUT2D eigenvalue weighted by Gasteiger charge is -2.24. The van der Waals surface area contributed by atoms with Crippen molar-refractivity contribution in [2.75, 3.05) is 0 Å². The van der Waals surface area contributed by atoms with Crippen LogP contribution in [0.3, 0.4) is 0 Å². The lowest BCUT2D eigenvalue weighted by Crippen LogP contribution is -2.33. The average molecular weight is 300 g/mol. The van der Waals surface area contributed by atoms with Crippen LogP contribution in [0, 0.1) is 0 Å². The van der Waals surface area contributed by atoms with Crippen molar-refractivity contribution < 1.29 is 24.9 Å². The fourth-order valence-corrected chi connectivity index (χ4v) is 2.39. The number of unbranched alkanes of at least 4 members (excludes halogenated alkanes) is 3. The van der Waals surface area contributed by atoms with Crippen LogP contribution in [0.5, 0.6) is 0 Å². The van der Waals surface area contributed by atoms with E-state index in [-0.39, 0.29) is 12.8 Å². The Morgan fingerprint density at radius 3 is 2.81 bits per heavy atom. The zero-order valence-electron chi connectivity index (χ0n) is 12.8. The first kappa shape index (κ1) is 18.1. The smallest absolute Gasteiger partial charge is 0.306 e. The Balaban J connectivity index is 2.53. The molecule has 1 aliphatic heterocycles. The first-order valence-corrected chi connectivity index (χ1v) is 7.95. The Hall–Kier alpha value is -0.910. The predicted octanol–water partition coefficient (Wildman–Crippen LogP) is 1.69. The second-order valence-electron chi connectivity index (χ2n) is 5.71. The van der Waals surface area contributed by atoms with Gasteiger partial charge in [-0.3, -0.25) is 4.79 Å². The summed E-state index contributed by atoms with van der Waals surface area (Å²) >= 11 is 0. The molecular weight excluding hydrogens is 272 g/mol. The number of carbonyl (C=O) groups is 1. The Bertz CT molecular complexity index is 329. The molecule has 0 aromatic carbocycles. The summed E-state index contributed by atoms with van der Waals surface area (Å²) in [7, 11) is 0. The summed E-state index contributed by atoms with van der Waals surface area (Å²) in [5.74, 6) is -0.436. The zero-order valence-corrected chi connectivity index (χ0v) is 12.8. The van der Waals surface area contributed by atoms with Gasteiger partial charge in [-0.05, 0) is 12.8 Å². The van der Waals surface area contributed by atoms with Gasteiger partial charge >= 0.3 is 5.97 Å². The van der Waals surface area contributed by atoms with Crippen LogP contribution in [0.4, 0.5) is 0 Å². The van der Waals surface area contributed by atoms with E-state index in [2.05, 4.69) is 6.92 Å². The molecule has 0 bridgehead atoms. The molecule has 0 amide bonds. The van der Waals surface area contributed by atoms with Gasteiger partial charge in [0.05, 0.1) is 18.3 Å². The van der Waals surface area contributed by atoms with E-state index in [9.17, 15) is 20.1 Å². The van der Waals surface area contributed by atoms with Crippen LogP contribution in [-0.4, -0.2) is 45.7 Å². The molecule has 0 aromatic rings. The average Bonchev–Trinajstić information content (AvgIpc) is 2.47. The largest absolute Gasteiger partial charge is 0.459 e. The van der Waals surface area contributed by atoms with Crippen LogP contribution in [0.15, 0.2) is 12.2 Å². The Morgan fingerprint density at radius 1 is 1.33 bits per heavy atom. The maximum absolute atomic E-state index is 11.7. The van der Waals surface area contributed by atoms with Crippen LogP contribution in [-0.2, 0) is 9.53 Å². The summed E-state index contributed by atoms with van der Waals surface area (Å²) in [6, 6.07) is 0. The number of cyclic esters (lactones) is 1.